The fourth-order valence-corrected chi connectivity index (χ4v) is 4.63. The number of anilines is 1. The van der Waals surface area contributed by atoms with Crippen molar-refractivity contribution in [3.05, 3.63) is 89.0 Å². The van der Waals surface area contributed by atoms with Gasteiger partial charge in [-0.05, 0) is 75.2 Å². The predicted octanol–water partition coefficient (Wildman–Crippen LogP) is 4.31. The van der Waals surface area contributed by atoms with E-state index in [1.54, 1.807) is 36.4 Å². The first kappa shape index (κ1) is 24.3. The average Bonchev–Trinajstić information content (AvgIpc) is 2.78. The molecule has 0 aliphatic carbocycles. The quantitative estimate of drug-likeness (QED) is 0.477. The largest absolute Gasteiger partial charge is 0.492 e. The Bertz CT molecular complexity index is 1200. The Hall–Kier alpha value is -3.32. The molecule has 0 aliphatic rings. The second-order valence-electron chi connectivity index (χ2n) is 8.10. The lowest BCUT2D eigenvalue weighted by Gasteiger charge is -2.24. The molecule has 0 aliphatic heterocycles. The molecule has 3 rings (SSSR count). The van der Waals surface area contributed by atoms with Crippen molar-refractivity contribution in [3.63, 3.8) is 0 Å². The summed E-state index contributed by atoms with van der Waals surface area (Å²) in [4.78, 5) is 12.8. The second-order valence-corrected chi connectivity index (χ2v) is 9.97. The molecule has 174 valence electrons. The van der Waals surface area contributed by atoms with Crippen LogP contribution in [0, 0.1) is 27.7 Å². The van der Waals surface area contributed by atoms with Gasteiger partial charge in [-0.3, -0.25) is 9.10 Å². The molecular formula is C26H30N2O4S. The van der Waals surface area contributed by atoms with E-state index in [4.69, 9.17) is 4.74 Å². The molecule has 0 radical (unpaired) electrons. The molecule has 1 amide bonds. The molecule has 0 saturated heterocycles. The van der Waals surface area contributed by atoms with Gasteiger partial charge in [0.15, 0.2) is 0 Å². The number of ether oxygens (including phenoxy) is 1. The number of rotatable bonds is 9. The number of hydrogen-bond donors (Lipinski definition) is 1. The maximum Gasteiger partial charge on any atom is 0.264 e. The first-order valence-electron chi connectivity index (χ1n) is 10.8. The van der Waals surface area contributed by atoms with Crippen LogP contribution in [0.25, 0.3) is 0 Å². The number of sulfonamides is 1. The highest BCUT2D eigenvalue weighted by Crippen LogP contribution is 2.24. The number of nitrogens with zero attached hydrogens (tertiary/aromatic N) is 1. The summed E-state index contributed by atoms with van der Waals surface area (Å²) in [6.07, 6.45) is 0. The summed E-state index contributed by atoms with van der Waals surface area (Å²) in [5, 5.41) is 2.75. The van der Waals surface area contributed by atoms with Crippen molar-refractivity contribution >= 4 is 21.6 Å². The van der Waals surface area contributed by atoms with Gasteiger partial charge in [-0.1, -0.05) is 41.5 Å². The molecular weight excluding hydrogens is 436 g/mol. The Balaban J connectivity index is 1.69. The van der Waals surface area contributed by atoms with Gasteiger partial charge in [0.25, 0.3) is 10.0 Å². The van der Waals surface area contributed by atoms with E-state index in [2.05, 4.69) is 5.32 Å². The summed E-state index contributed by atoms with van der Waals surface area (Å²) in [6.45, 7) is 8.07. The number of amides is 1. The third kappa shape index (κ3) is 6.35. The lowest BCUT2D eigenvalue weighted by Crippen LogP contribution is -2.41. The van der Waals surface area contributed by atoms with Crippen molar-refractivity contribution in [2.75, 3.05) is 24.0 Å². The SMILES string of the molecule is Cc1ccc(N(CC(=O)NCCOc2ccc(C)c(C)c2)S(=O)(=O)c2ccc(C)cc2)cc1. The Morgan fingerprint density at radius 2 is 1.45 bits per heavy atom. The van der Waals surface area contributed by atoms with Crippen LogP contribution in [0.3, 0.4) is 0 Å². The zero-order valence-corrected chi connectivity index (χ0v) is 20.3. The van der Waals surface area contributed by atoms with Gasteiger partial charge in [0.1, 0.15) is 18.9 Å². The Morgan fingerprint density at radius 1 is 0.848 bits per heavy atom. The average molecular weight is 467 g/mol. The lowest BCUT2D eigenvalue weighted by molar-refractivity contribution is -0.119. The number of benzene rings is 3. The summed E-state index contributed by atoms with van der Waals surface area (Å²) < 4.78 is 33.6. The number of carbonyl (C=O) groups is 1. The van der Waals surface area contributed by atoms with Gasteiger partial charge in [0.2, 0.25) is 5.91 Å². The highest BCUT2D eigenvalue weighted by atomic mass is 32.2. The van der Waals surface area contributed by atoms with E-state index in [-0.39, 0.29) is 24.6 Å². The fourth-order valence-electron chi connectivity index (χ4n) is 3.21. The standard InChI is InChI=1S/C26H30N2O4S/c1-19-5-10-23(11-6-19)28(33(30,31)25-13-7-20(2)8-14-25)18-26(29)27-15-16-32-24-12-9-21(3)22(4)17-24/h5-14,17H,15-16,18H2,1-4H3,(H,27,29). The normalized spacial score (nSPS) is 11.2. The molecule has 0 saturated carbocycles. The molecule has 7 heteroatoms. The van der Waals surface area contributed by atoms with Gasteiger partial charge in [-0.15, -0.1) is 0 Å². The Kier molecular flexibility index (Phi) is 7.76. The van der Waals surface area contributed by atoms with Crippen molar-refractivity contribution in [3.8, 4) is 5.75 Å². The van der Waals surface area contributed by atoms with Gasteiger partial charge in [0, 0.05) is 0 Å². The molecule has 0 unspecified atom stereocenters. The highest BCUT2D eigenvalue weighted by molar-refractivity contribution is 7.92. The van der Waals surface area contributed by atoms with Gasteiger partial charge >= 0.3 is 0 Å². The summed E-state index contributed by atoms with van der Waals surface area (Å²) in [6, 6.07) is 19.5. The van der Waals surface area contributed by atoms with E-state index < -0.39 is 15.9 Å². The topological polar surface area (TPSA) is 75.7 Å². The third-order valence-electron chi connectivity index (χ3n) is 5.39. The predicted molar refractivity (Wildman–Crippen MR) is 131 cm³/mol. The minimum atomic E-state index is -3.92. The molecule has 33 heavy (non-hydrogen) atoms. The van der Waals surface area contributed by atoms with Crippen molar-refractivity contribution in [1.29, 1.82) is 0 Å². The van der Waals surface area contributed by atoms with Crippen LogP contribution in [0.5, 0.6) is 5.75 Å². The molecule has 0 heterocycles. The van der Waals surface area contributed by atoms with E-state index in [1.165, 1.54) is 5.56 Å². The Labute approximate surface area is 196 Å². The minimum absolute atomic E-state index is 0.138. The molecule has 0 aromatic heterocycles. The van der Waals surface area contributed by atoms with Crippen LogP contribution in [0.4, 0.5) is 5.69 Å². The van der Waals surface area contributed by atoms with E-state index >= 15 is 0 Å². The number of aryl methyl sites for hydroxylation is 4. The molecule has 1 N–H and O–H groups in total. The molecule has 6 nitrogen and oxygen atoms in total. The summed E-state index contributed by atoms with van der Waals surface area (Å²) in [7, 11) is -3.92. The lowest BCUT2D eigenvalue weighted by atomic mass is 10.1. The van der Waals surface area contributed by atoms with Crippen LogP contribution >= 0.6 is 0 Å². The van der Waals surface area contributed by atoms with Crippen LogP contribution in [0.1, 0.15) is 22.3 Å². The number of carbonyl (C=O) groups excluding carboxylic acids is 1. The molecule has 0 spiro atoms. The van der Waals surface area contributed by atoms with Crippen LogP contribution in [-0.2, 0) is 14.8 Å². The molecule has 0 fully saturated rings. The molecule has 0 bridgehead atoms. The van der Waals surface area contributed by atoms with Gasteiger partial charge in [0.05, 0.1) is 17.1 Å². The smallest absolute Gasteiger partial charge is 0.264 e. The van der Waals surface area contributed by atoms with Gasteiger partial charge in [-0.25, -0.2) is 8.42 Å². The number of hydrogen-bond acceptors (Lipinski definition) is 4. The zero-order chi connectivity index (χ0) is 24.0. The van der Waals surface area contributed by atoms with Crippen LogP contribution in [0.15, 0.2) is 71.6 Å². The van der Waals surface area contributed by atoms with Crippen molar-refractivity contribution in [1.82, 2.24) is 5.32 Å². The zero-order valence-electron chi connectivity index (χ0n) is 19.5. The summed E-state index contributed by atoms with van der Waals surface area (Å²) >= 11 is 0. The third-order valence-corrected chi connectivity index (χ3v) is 7.18. The van der Waals surface area contributed by atoms with Gasteiger partial charge in [-0.2, -0.15) is 0 Å². The van der Waals surface area contributed by atoms with E-state index in [0.717, 1.165) is 26.7 Å². The highest BCUT2D eigenvalue weighted by Gasteiger charge is 2.27. The molecule has 0 atom stereocenters. The van der Waals surface area contributed by atoms with E-state index in [0.29, 0.717) is 5.69 Å². The van der Waals surface area contributed by atoms with E-state index in [9.17, 15) is 13.2 Å². The Morgan fingerprint density at radius 3 is 2.06 bits per heavy atom. The van der Waals surface area contributed by atoms with Crippen molar-refractivity contribution in [2.45, 2.75) is 32.6 Å². The first-order valence-corrected chi connectivity index (χ1v) is 12.2. The summed E-state index contributed by atoms with van der Waals surface area (Å²) in [5.74, 6) is 0.325. The van der Waals surface area contributed by atoms with Crippen LogP contribution in [-0.4, -0.2) is 34.0 Å². The maximum atomic E-state index is 13.4. The molecule has 3 aromatic carbocycles. The van der Waals surface area contributed by atoms with Gasteiger partial charge < -0.3 is 10.1 Å². The van der Waals surface area contributed by atoms with Crippen LogP contribution in [0.2, 0.25) is 0 Å². The maximum absolute atomic E-state index is 13.4. The monoisotopic (exact) mass is 466 g/mol. The fraction of sp³-hybridized carbons (Fsp3) is 0.269. The summed E-state index contributed by atoms with van der Waals surface area (Å²) in [5.41, 5.74) is 4.70. The second kappa shape index (κ2) is 10.5. The van der Waals surface area contributed by atoms with Crippen molar-refractivity contribution < 1.29 is 17.9 Å². The van der Waals surface area contributed by atoms with Crippen molar-refractivity contribution in [2.24, 2.45) is 0 Å². The number of nitrogens with one attached hydrogen (secondary N) is 1. The first-order chi connectivity index (χ1) is 15.7. The minimum Gasteiger partial charge on any atom is -0.492 e. The van der Waals surface area contributed by atoms with Crippen LogP contribution < -0.4 is 14.4 Å². The van der Waals surface area contributed by atoms with E-state index in [1.807, 2.05) is 58.0 Å². The molecule has 3 aromatic rings.